The second-order valence-corrected chi connectivity index (χ2v) is 7.51. The predicted octanol–water partition coefficient (Wildman–Crippen LogP) is 3.60. The van der Waals surface area contributed by atoms with Gasteiger partial charge in [0.15, 0.2) is 0 Å². The first-order valence-corrected chi connectivity index (χ1v) is 7.64. The van der Waals surface area contributed by atoms with Gasteiger partial charge in [-0.2, -0.15) is 0 Å². The zero-order valence-electron chi connectivity index (χ0n) is 11.3. The Balaban J connectivity index is 2.98. The average Bonchev–Trinajstić information content (AvgIpc) is 2.63. The molecule has 0 spiro atoms. The summed E-state index contributed by atoms with van der Waals surface area (Å²) in [5, 5.41) is 3.33. The third kappa shape index (κ3) is 4.05. The van der Waals surface area contributed by atoms with Gasteiger partial charge in [0.2, 0.25) is 0 Å². The highest BCUT2D eigenvalue weighted by Crippen LogP contribution is 2.37. The minimum atomic E-state index is 0.485. The lowest BCUT2D eigenvalue weighted by Crippen LogP contribution is -2.35. The van der Waals surface area contributed by atoms with Crippen molar-refractivity contribution in [1.82, 2.24) is 10.2 Å². The van der Waals surface area contributed by atoms with Crippen molar-refractivity contribution in [3.8, 4) is 0 Å². The summed E-state index contributed by atoms with van der Waals surface area (Å²) in [6.07, 6.45) is 0. The number of hydrogen-bond donors (Lipinski definition) is 1. The molecule has 1 N–H and O–H groups in total. The second kappa shape index (κ2) is 6.88. The smallest absolute Gasteiger partial charge is 0.0701 e. The Morgan fingerprint density at radius 1 is 1.35 bits per heavy atom. The van der Waals surface area contributed by atoms with E-state index in [0.29, 0.717) is 17.9 Å². The van der Waals surface area contributed by atoms with Crippen LogP contribution in [0, 0.1) is 11.8 Å². The minimum Gasteiger partial charge on any atom is -0.319 e. The molecular formula is C13H23BrN2S. The van der Waals surface area contributed by atoms with Gasteiger partial charge in [-0.1, -0.05) is 13.8 Å². The van der Waals surface area contributed by atoms with Gasteiger partial charge in [0.05, 0.1) is 3.79 Å². The Labute approximate surface area is 118 Å². The van der Waals surface area contributed by atoms with Gasteiger partial charge in [-0.25, -0.2) is 0 Å². The highest BCUT2D eigenvalue weighted by atomic mass is 79.9. The van der Waals surface area contributed by atoms with Gasteiger partial charge in [0, 0.05) is 10.9 Å². The topological polar surface area (TPSA) is 15.3 Å². The number of nitrogens with one attached hydrogen (secondary N) is 1. The maximum atomic E-state index is 3.56. The molecule has 2 nitrogen and oxygen atoms in total. The molecule has 1 rings (SSSR count). The highest BCUT2D eigenvalue weighted by Gasteiger charge is 2.28. The molecule has 0 saturated carbocycles. The Hall–Kier alpha value is 0.1000. The van der Waals surface area contributed by atoms with Gasteiger partial charge >= 0.3 is 0 Å². The largest absolute Gasteiger partial charge is 0.319 e. The Morgan fingerprint density at radius 3 is 2.35 bits per heavy atom. The van der Waals surface area contributed by atoms with Crippen molar-refractivity contribution in [2.24, 2.45) is 11.8 Å². The molecule has 1 heterocycles. The van der Waals surface area contributed by atoms with Crippen LogP contribution in [-0.2, 0) is 0 Å². The molecule has 0 aliphatic rings. The maximum absolute atomic E-state index is 3.56. The molecule has 2 unspecified atom stereocenters. The van der Waals surface area contributed by atoms with E-state index in [1.165, 1.54) is 8.66 Å². The van der Waals surface area contributed by atoms with E-state index in [-0.39, 0.29) is 0 Å². The summed E-state index contributed by atoms with van der Waals surface area (Å²) >= 11 is 5.40. The van der Waals surface area contributed by atoms with E-state index in [1.807, 2.05) is 18.4 Å². The first-order valence-electron chi connectivity index (χ1n) is 6.03. The number of thiophene rings is 1. The number of hydrogen-bond acceptors (Lipinski definition) is 3. The molecule has 98 valence electrons. The second-order valence-electron chi connectivity index (χ2n) is 5.02. The Bertz CT molecular complexity index is 336. The van der Waals surface area contributed by atoms with Crippen LogP contribution >= 0.6 is 27.3 Å². The molecule has 0 aliphatic heterocycles. The van der Waals surface area contributed by atoms with Crippen molar-refractivity contribution in [3.05, 3.63) is 20.8 Å². The van der Waals surface area contributed by atoms with Crippen molar-refractivity contribution in [3.63, 3.8) is 0 Å². The number of rotatable bonds is 6. The summed E-state index contributed by atoms with van der Waals surface area (Å²) in [7, 11) is 6.37. The molecule has 2 atom stereocenters. The summed E-state index contributed by atoms with van der Waals surface area (Å²) < 4.78 is 1.21. The molecule has 1 aromatic rings. The summed E-state index contributed by atoms with van der Waals surface area (Å²) in [6.45, 7) is 5.67. The van der Waals surface area contributed by atoms with E-state index in [9.17, 15) is 0 Å². The van der Waals surface area contributed by atoms with Crippen molar-refractivity contribution in [2.75, 3.05) is 27.7 Å². The van der Waals surface area contributed by atoms with Gasteiger partial charge in [-0.05, 0) is 67.6 Å². The lowest BCUT2D eigenvalue weighted by molar-refractivity contribution is 0.172. The average molecular weight is 319 g/mol. The summed E-state index contributed by atoms with van der Waals surface area (Å²) in [4.78, 5) is 3.77. The quantitative estimate of drug-likeness (QED) is 0.862. The van der Waals surface area contributed by atoms with E-state index in [1.54, 1.807) is 0 Å². The third-order valence-electron chi connectivity index (χ3n) is 3.14. The van der Waals surface area contributed by atoms with Crippen molar-refractivity contribution < 1.29 is 0 Å². The van der Waals surface area contributed by atoms with Gasteiger partial charge in [-0.15, -0.1) is 11.3 Å². The highest BCUT2D eigenvalue weighted by molar-refractivity contribution is 9.11. The molecule has 0 fully saturated rings. The first kappa shape index (κ1) is 15.2. The maximum Gasteiger partial charge on any atom is 0.0701 e. The summed E-state index contributed by atoms with van der Waals surface area (Å²) in [5.74, 6) is 1.29. The molecule has 1 aromatic heterocycles. The fourth-order valence-electron chi connectivity index (χ4n) is 2.28. The van der Waals surface area contributed by atoms with Crippen LogP contribution in [0.2, 0.25) is 0 Å². The Kier molecular flexibility index (Phi) is 6.13. The van der Waals surface area contributed by atoms with Crippen molar-refractivity contribution in [2.45, 2.75) is 19.9 Å². The standard InChI is InChI=1S/C13H23BrN2S/c1-9(2)10(8-15-3)13(16(4)5)11-6-7-12(14)17-11/h6-7,9-10,13,15H,8H2,1-5H3. The van der Waals surface area contributed by atoms with Crippen LogP contribution in [0.5, 0.6) is 0 Å². The number of nitrogens with zero attached hydrogens (tertiary/aromatic N) is 1. The third-order valence-corrected chi connectivity index (χ3v) is 4.84. The van der Waals surface area contributed by atoms with Crippen LogP contribution in [0.3, 0.4) is 0 Å². The van der Waals surface area contributed by atoms with Crippen LogP contribution in [-0.4, -0.2) is 32.6 Å². The van der Waals surface area contributed by atoms with Crippen molar-refractivity contribution >= 4 is 27.3 Å². The van der Waals surface area contributed by atoms with Crippen molar-refractivity contribution in [1.29, 1.82) is 0 Å². The zero-order chi connectivity index (χ0) is 13.0. The molecule has 0 aliphatic carbocycles. The van der Waals surface area contributed by atoms with E-state index >= 15 is 0 Å². The van der Waals surface area contributed by atoms with E-state index in [2.05, 4.69) is 66.2 Å². The molecule has 0 radical (unpaired) electrons. The number of halogens is 1. The molecular weight excluding hydrogens is 296 g/mol. The van der Waals surface area contributed by atoms with Gasteiger partial charge < -0.3 is 10.2 Å². The van der Waals surface area contributed by atoms with Gasteiger partial charge in [0.25, 0.3) is 0 Å². The molecule has 0 saturated heterocycles. The van der Waals surface area contributed by atoms with Crippen LogP contribution in [0.4, 0.5) is 0 Å². The molecule has 0 aromatic carbocycles. The minimum absolute atomic E-state index is 0.485. The van der Waals surface area contributed by atoms with E-state index < -0.39 is 0 Å². The monoisotopic (exact) mass is 318 g/mol. The van der Waals surface area contributed by atoms with Crippen LogP contribution in [0.25, 0.3) is 0 Å². The van der Waals surface area contributed by atoms with E-state index in [0.717, 1.165) is 6.54 Å². The predicted molar refractivity (Wildman–Crippen MR) is 80.7 cm³/mol. The first-order chi connectivity index (χ1) is 7.97. The SMILES string of the molecule is CNCC(C(C)C)C(c1ccc(Br)s1)N(C)C. The van der Waals surface area contributed by atoms with Gasteiger partial charge in [-0.3, -0.25) is 0 Å². The summed E-state index contributed by atoms with van der Waals surface area (Å²) in [5.41, 5.74) is 0. The van der Waals surface area contributed by atoms with Crippen LogP contribution in [0.15, 0.2) is 15.9 Å². The van der Waals surface area contributed by atoms with E-state index in [4.69, 9.17) is 0 Å². The lowest BCUT2D eigenvalue weighted by atomic mass is 9.87. The fraction of sp³-hybridized carbons (Fsp3) is 0.692. The Morgan fingerprint density at radius 2 is 2.00 bits per heavy atom. The normalized spacial score (nSPS) is 15.5. The zero-order valence-corrected chi connectivity index (χ0v) is 13.7. The fourth-order valence-corrected chi connectivity index (χ4v) is 3.98. The van der Waals surface area contributed by atoms with Crippen LogP contribution in [0.1, 0.15) is 24.8 Å². The molecule has 4 heteroatoms. The molecule has 0 amide bonds. The lowest BCUT2D eigenvalue weighted by Gasteiger charge is -2.34. The summed E-state index contributed by atoms with van der Waals surface area (Å²) in [6, 6.07) is 4.87. The molecule has 0 bridgehead atoms. The molecule has 17 heavy (non-hydrogen) atoms. The van der Waals surface area contributed by atoms with Gasteiger partial charge in [0.1, 0.15) is 0 Å². The van der Waals surface area contributed by atoms with Crippen LogP contribution < -0.4 is 5.32 Å².